The van der Waals surface area contributed by atoms with E-state index in [-0.39, 0.29) is 18.4 Å². The summed E-state index contributed by atoms with van der Waals surface area (Å²) in [5, 5.41) is 29.0. The van der Waals surface area contributed by atoms with Crippen molar-refractivity contribution in [2.24, 2.45) is 11.7 Å². The summed E-state index contributed by atoms with van der Waals surface area (Å²) < 4.78 is 0. The molecule has 45 heavy (non-hydrogen) atoms. The minimum atomic E-state index is 0.0578. The molecule has 17 heteroatoms. The van der Waals surface area contributed by atoms with Gasteiger partial charge in [-0.1, -0.05) is 82.1 Å². The number of hydrogen-bond acceptors (Lipinski definition) is 12. The minimum absolute atomic E-state index is 0.0578. The molecule has 2 aromatic carbocycles. The number of halogens is 4. The zero-order valence-electron chi connectivity index (χ0n) is 24.3. The zero-order chi connectivity index (χ0) is 32.3. The number of nitrogens with one attached hydrogen (secondary N) is 3. The van der Waals surface area contributed by atoms with Gasteiger partial charge >= 0.3 is 0 Å². The molecule has 0 atom stereocenters. The topological polar surface area (TPSA) is 157 Å². The lowest BCUT2D eigenvalue weighted by Gasteiger charge is -2.12. The van der Waals surface area contributed by atoms with Crippen LogP contribution in [0.2, 0.25) is 20.1 Å². The normalized spacial score (nSPS) is 12.2. The van der Waals surface area contributed by atoms with E-state index in [1.165, 1.54) is 23.5 Å². The van der Waals surface area contributed by atoms with E-state index in [0.717, 1.165) is 24.0 Å². The van der Waals surface area contributed by atoms with Gasteiger partial charge in [-0.05, 0) is 60.7 Å². The van der Waals surface area contributed by atoms with Crippen molar-refractivity contribution in [1.29, 1.82) is 0 Å². The van der Waals surface area contributed by atoms with E-state index in [0.29, 0.717) is 73.1 Å². The first-order valence-corrected chi connectivity index (χ1v) is 17.5. The summed E-state index contributed by atoms with van der Waals surface area (Å²) in [6.07, 6.45) is 5.69. The molecule has 2 heterocycles. The lowest BCUT2D eigenvalue weighted by atomic mass is 10.2. The Bertz CT molecular complexity index is 1630. The van der Waals surface area contributed by atoms with Crippen molar-refractivity contribution >= 4 is 87.5 Å². The van der Waals surface area contributed by atoms with Crippen LogP contribution < -0.4 is 21.7 Å². The summed E-state index contributed by atoms with van der Waals surface area (Å²) >= 11 is 26.9. The molecule has 0 aliphatic heterocycles. The highest BCUT2D eigenvalue weighted by molar-refractivity contribution is 7.98. The molecule has 0 unspecified atom stereocenters. The first kappa shape index (κ1) is 35.2. The van der Waals surface area contributed by atoms with E-state index in [4.69, 9.17) is 52.1 Å². The molecule has 1 aliphatic carbocycles. The van der Waals surface area contributed by atoms with Gasteiger partial charge < -0.3 is 21.7 Å². The van der Waals surface area contributed by atoms with Crippen LogP contribution in [0.3, 0.4) is 0 Å². The molecule has 0 bridgehead atoms. The summed E-state index contributed by atoms with van der Waals surface area (Å²) in [4.78, 5) is 20.6. The Morgan fingerprint density at radius 2 is 1.27 bits per heavy atom. The Morgan fingerprint density at radius 3 is 1.71 bits per heavy atom. The van der Waals surface area contributed by atoms with E-state index in [1.807, 2.05) is 24.6 Å². The Labute approximate surface area is 289 Å². The highest BCUT2D eigenvalue weighted by atomic mass is 35.5. The maximum atomic E-state index is 11.8. The van der Waals surface area contributed by atoms with Crippen LogP contribution in [-0.4, -0.2) is 48.8 Å². The van der Waals surface area contributed by atoms with Gasteiger partial charge in [-0.15, -0.1) is 20.4 Å². The van der Waals surface area contributed by atoms with Crippen molar-refractivity contribution in [1.82, 2.24) is 35.7 Å². The fraction of sp³-hybridized carbons (Fsp3) is 0.321. The van der Waals surface area contributed by atoms with Crippen LogP contribution in [0.15, 0.2) is 46.7 Å². The Balaban J connectivity index is 0.000000210. The second-order valence-electron chi connectivity index (χ2n) is 9.56. The first-order valence-electron chi connectivity index (χ1n) is 13.6. The first-order chi connectivity index (χ1) is 21.7. The molecule has 1 saturated carbocycles. The van der Waals surface area contributed by atoms with Crippen LogP contribution in [0.5, 0.6) is 0 Å². The summed E-state index contributed by atoms with van der Waals surface area (Å²) in [5.74, 6) is 1.41. The van der Waals surface area contributed by atoms with Crippen LogP contribution >= 0.6 is 69.9 Å². The van der Waals surface area contributed by atoms with Gasteiger partial charge in [-0.3, -0.25) is 4.79 Å². The maximum absolute atomic E-state index is 11.8. The average molecular weight is 729 g/mol. The van der Waals surface area contributed by atoms with Gasteiger partial charge in [-0.25, -0.2) is 9.97 Å². The molecule has 0 saturated heterocycles. The quantitative estimate of drug-likeness (QED) is 0.118. The van der Waals surface area contributed by atoms with Crippen molar-refractivity contribution in [2.75, 3.05) is 23.1 Å². The van der Waals surface area contributed by atoms with Crippen molar-refractivity contribution in [3.8, 4) is 0 Å². The zero-order valence-corrected chi connectivity index (χ0v) is 28.9. The molecule has 5 N–H and O–H groups in total. The Hall–Kier alpha value is -2.65. The van der Waals surface area contributed by atoms with Gasteiger partial charge in [-0.2, -0.15) is 0 Å². The van der Waals surface area contributed by atoms with Crippen LogP contribution in [0.1, 0.15) is 35.4 Å². The number of anilines is 2. The van der Waals surface area contributed by atoms with E-state index in [2.05, 4.69) is 46.3 Å². The number of carbonyl (C=O) groups is 1. The predicted octanol–water partition coefficient (Wildman–Crippen LogP) is 6.51. The third-order valence-corrected chi connectivity index (χ3v) is 8.58. The standard InChI is InChI=1S/C16H17Cl2N5OS.C12H13Cl2N5S/c1-25-16-21-14(19-7-10-4-5-11(17)6-12(10)18)13(22-23-16)8-20-15(24)9-2-3-9;1-20-12-17-11(10(5-15)18-19-12)16-6-7-2-3-8(13)4-9(7)14/h4-6,9H,2-3,7-8H2,1H3,(H,20,24)(H,19,21,23);2-4H,5-6,15H2,1H3,(H,16,17,19). The number of nitrogens with zero attached hydrogens (tertiary/aromatic N) is 6. The number of nitrogens with two attached hydrogens (primary N) is 1. The van der Waals surface area contributed by atoms with Gasteiger partial charge in [0.25, 0.3) is 0 Å². The smallest absolute Gasteiger partial charge is 0.223 e. The van der Waals surface area contributed by atoms with Gasteiger partial charge in [0.1, 0.15) is 11.4 Å². The number of thioether (sulfide) groups is 2. The number of carbonyl (C=O) groups excluding carboxylic acids is 1. The van der Waals surface area contributed by atoms with Gasteiger partial charge in [0.05, 0.1) is 6.54 Å². The Morgan fingerprint density at radius 1 is 0.778 bits per heavy atom. The lowest BCUT2D eigenvalue weighted by molar-refractivity contribution is -0.122. The van der Waals surface area contributed by atoms with E-state index in [9.17, 15) is 4.79 Å². The van der Waals surface area contributed by atoms with Crippen molar-refractivity contribution in [3.05, 3.63) is 79.0 Å². The van der Waals surface area contributed by atoms with Crippen molar-refractivity contribution in [3.63, 3.8) is 0 Å². The molecule has 2 aromatic heterocycles. The average Bonchev–Trinajstić information content (AvgIpc) is 3.89. The molecular formula is C28H30Cl4N10OS2. The predicted molar refractivity (Wildman–Crippen MR) is 183 cm³/mol. The molecule has 0 radical (unpaired) electrons. The maximum Gasteiger partial charge on any atom is 0.223 e. The summed E-state index contributed by atoms with van der Waals surface area (Å²) in [6, 6.07) is 10.7. The largest absolute Gasteiger partial charge is 0.364 e. The summed E-state index contributed by atoms with van der Waals surface area (Å²) in [6.45, 7) is 1.54. The third-order valence-electron chi connectivity index (χ3n) is 6.33. The van der Waals surface area contributed by atoms with Gasteiger partial charge in [0.2, 0.25) is 16.2 Å². The van der Waals surface area contributed by atoms with Gasteiger partial charge in [0.15, 0.2) is 11.6 Å². The SMILES string of the molecule is CSc1nnc(CN)c(NCc2ccc(Cl)cc2Cl)n1.CSc1nnc(CNC(=O)C2CC2)c(NCc2ccc(Cl)cc2Cl)n1. The minimum Gasteiger partial charge on any atom is -0.364 e. The monoisotopic (exact) mass is 726 g/mol. The van der Waals surface area contributed by atoms with Crippen LogP contribution in [0, 0.1) is 5.92 Å². The van der Waals surface area contributed by atoms with Crippen molar-refractivity contribution < 1.29 is 4.79 Å². The van der Waals surface area contributed by atoms with Crippen LogP contribution in [-0.2, 0) is 31.0 Å². The number of benzene rings is 2. The molecule has 11 nitrogen and oxygen atoms in total. The fourth-order valence-corrected chi connectivity index (χ4v) is 5.29. The highest BCUT2D eigenvalue weighted by Crippen LogP contribution is 2.29. The van der Waals surface area contributed by atoms with Gasteiger partial charge in [0, 0.05) is 45.6 Å². The Kier molecular flexibility index (Phi) is 13.5. The van der Waals surface area contributed by atoms with Crippen molar-refractivity contribution in [2.45, 2.75) is 49.3 Å². The van der Waals surface area contributed by atoms with E-state index in [1.54, 1.807) is 24.3 Å². The number of amides is 1. The second kappa shape index (κ2) is 17.3. The molecule has 1 aliphatic rings. The molecule has 0 spiro atoms. The summed E-state index contributed by atoms with van der Waals surface area (Å²) in [5.41, 5.74) is 8.65. The molecule has 4 aromatic rings. The highest BCUT2D eigenvalue weighted by Gasteiger charge is 2.29. The lowest BCUT2D eigenvalue weighted by Crippen LogP contribution is -2.25. The molecule has 1 fully saturated rings. The fourth-order valence-electron chi connectivity index (χ4n) is 3.73. The second-order valence-corrected chi connectivity index (χ2v) is 12.8. The molecule has 1 amide bonds. The molecular weight excluding hydrogens is 698 g/mol. The molecule has 5 rings (SSSR count). The molecule has 238 valence electrons. The van der Waals surface area contributed by atoms with E-state index >= 15 is 0 Å². The summed E-state index contributed by atoms with van der Waals surface area (Å²) in [7, 11) is 0. The van der Waals surface area contributed by atoms with Crippen LogP contribution in [0.25, 0.3) is 0 Å². The number of rotatable bonds is 12. The third kappa shape index (κ3) is 10.7. The number of aromatic nitrogens is 6. The number of hydrogen-bond donors (Lipinski definition) is 4. The van der Waals surface area contributed by atoms with Crippen LogP contribution in [0.4, 0.5) is 11.6 Å². The van der Waals surface area contributed by atoms with E-state index < -0.39 is 0 Å².